The molecule has 26 heavy (non-hydrogen) atoms. The van der Waals surface area contributed by atoms with E-state index in [2.05, 4.69) is 19.9 Å². The SMILES string of the molecule is Cc1cc(CCc2cnc(C(=O)Oc3cncnc3)nc2)cc(C)c1O. The van der Waals surface area contributed by atoms with Crippen LogP contribution in [0.3, 0.4) is 0 Å². The average Bonchev–Trinajstić information content (AvgIpc) is 2.65. The van der Waals surface area contributed by atoms with Crippen molar-refractivity contribution >= 4 is 5.97 Å². The molecule has 0 bridgehead atoms. The van der Waals surface area contributed by atoms with Crippen LogP contribution in [0.15, 0.2) is 43.2 Å². The van der Waals surface area contributed by atoms with E-state index in [1.165, 1.54) is 18.7 Å². The molecule has 7 nitrogen and oxygen atoms in total. The molecule has 0 aliphatic carbocycles. The zero-order chi connectivity index (χ0) is 18.5. The third kappa shape index (κ3) is 4.18. The van der Waals surface area contributed by atoms with Crippen LogP contribution in [0.2, 0.25) is 0 Å². The van der Waals surface area contributed by atoms with Gasteiger partial charge in [-0.3, -0.25) is 0 Å². The lowest BCUT2D eigenvalue weighted by Crippen LogP contribution is -2.13. The third-order valence-electron chi connectivity index (χ3n) is 3.89. The summed E-state index contributed by atoms with van der Waals surface area (Å²) in [5, 5.41) is 9.83. The van der Waals surface area contributed by atoms with Gasteiger partial charge in [0.15, 0.2) is 5.75 Å². The number of benzene rings is 1. The highest BCUT2D eigenvalue weighted by Gasteiger charge is 2.12. The van der Waals surface area contributed by atoms with Crippen molar-refractivity contribution in [1.29, 1.82) is 0 Å². The summed E-state index contributed by atoms with van der Waals surface area (Å²) in [5.74, 6) is -0.0999. The number of hydrogen-bond acceptors (Lipinski definition) is 7. The summed E-state index contributed by atoms with van der Waals surface area (Å²) in [5.41, 5.74) is 3.76. The lowest BCUT2D eigenvalue weighted by atomic mass is 10.0. The number of aromatic nitrogens is 4. The van der Waals surface area contributed by atoms with Gasteiger partial charge < -0.3 is 9.84 Å². The van der Waals surface area contributed by atoms with Crippen LogP contribution >= 0.6 is 0 Å². The molecule has 2 heterocycles. The number of carbonyl (C=O) groups is 1. The molecular weight excluding hydrogens is 332 g/mol. The number of aromatic hydroxyl groups is 1. The van der Waals surface area contributed by atoms with Gasteiger partial charge in [-0.15, -0.1) is 0 Å². The van der Waals surface area contributed by atoms with Crippen LogP contribution in [-0.4, -0.2) is 31.0 Å². The van der Waals surface area contributed by atoms with Crippen molar-refractivity contribution in [3.63, 3.8) is 0 Å². The van der Waals surface area contributed by atoms with Gasteiger partial charge in [-0.1, -0.05) is 12.1 Å². The number of phenols is 1. The molecule has 1 N–H and O–H groups in total. The zero-order valence-corrected chi connectivity index (χ0v) is 14.5. The number of hydrogen-bond donors (Lipinski definition) is 1. The maximum Gasteiger partial charge on any atom is 0.381 e. The van der Waals surface area contributed by atoms with E-state index in [4.69, 9.17) is 4.74 Å². The molecule has 132 valence electrons. The van der Waals surface area contributed by atoms with Gasteiger partial charge >= 0.3 is 5.97 Å². The van der Waals surface area contributed by atoms with E-state index in [1.54, 1.807) is 12.4 Å². The number of rotatable bonds is 5. The van der Waals surface area contributed by atoms with Crippen LogP contribution in [-0.2, 0) is 12.8 Å². The molecule has 0 aliphatic rings. The molecule has 0 saturated carbocycles. The molecule has 1 aromatic carbocycles. The van der Waals surface area contributed by atoms with Crippen LogP contribution < -0.4 is 4.74 Å². The number of ether oxygens (including phenoxy) is 1. The molecule has 0 atom stereocenters. The molecule has 0 amide bonds. The monoisotopic (exact) mass is 350 g/mol. The topological polar surface area (TPSA) is 98.1 Å². The second-order valence-electron chi connectivity index (χ2n) is 5.96. The molecule has 3 rings (SSSR count). The molecule has 3 aromatic rings. The molecule has 0 fully saturated rings. The molecular formula is C19H18N4O3. The van der Waals surface area contributed by atoms with E-state index in [-0.39, 0.29) is 11.6 Å². The van der Waals surface area contributed by atoms with Crippen LogP contribution in [0, 0.1) is 13.8 Å². The van der Waals surface area contributed by atoms with Crippen molar-refractivity contribution in [3.8, 4) is 11.5 Å². The second kappa shape index (κ2) is 7.69. The number of aryl methyl sites for hydroxylation is 4. The highest BCUT2D eigenvalue weighted by Crippen LogP contribution is 2.23. The molecule has 2 aromatic heterocycles. The van der Waals surface area contributed by atoms with Gasteiger partial charge in [0.2, 0.25) is 5.82 Å². The Morgan fingerprint density at radius 1 is 0.962 bits per heavy atom. The van der Waals surface area contributed by atoms with E-state index < -0.39 is 5.97 Å². The Kier molecular flexibility index (Phi) is 5.17. The summed E-state index contributed by atoms with van der Waals surface area (Å²) < 4.78 is 5.09. The Morgan fingerprint density at radius 3 is 2.15 bits per heavy atom. The Labute approximate surface area is 150 Å². The largest absolute Gasteiger partial charge is 0.507 e. The van der Waals surface area contributed by atoms with E-state index in [9.17, 15) is 9.90 Å². The number of phenolic OH excluding ortho intramolecular Hbond substituents is 1. The normalized spacial score (nSPS) is 10.5. The van der Waals surface area contributed by atoms with E-state index in [0.29, 0.717) is 5.75 Å². The highest BCUT2D eigenvalue weighted by atomic mass is 16.5. The fourth-order valence-electron chi connectivity index (χ4n) is 2.56. The minimum atomic E-state index is -0.656. The van der Waals surface area contributed by atoms with Crippen LogP contribution in [0.5, 0.6) is 11.5 Å². The number of carbonyl (C=O) groups excluding carboxylic acids is 1. The summed E-state index contributed by atoms with van der Waals surface area (Å²) in [6.45, 7) is 3.76. The summed E-state index contributed by atoms with van der Waals surface area (Å²) in [6.07, 6.45) is 8.87. The average molecular weight is 350 g/mol. The highest BCUT2D eigenvalue weighted by molar-refractivity contribution is 5.86. The fraction of sp³-hybridized carbons (Fsp3) is 0.211. The first-order valence-electron chi connectivity index (χ1n) is 8.10. The number of esters is 1. The summed E-state index contributed by atoms with van der Waals surface area (Å²) in [6, 6.07) is 3.94. The predicted octanol–water partition coefficient (Wildman–Crippen LogP) is 2.59. The smallest absolute Gasteiger partial charge is 0.381 e. The third-order valence-corrected chi connectivity index (χ3v) is 3.89. The summed E-state index contributed by atoms with van der Waals surface area (Å²) in [4.78, 5) is 27.7. The van der Waals surface area contributed by atoms with Gasteiger partial charge in [0.05, 0.1) is 12.4 Å². The van der Waals surface area contributed by atoms with Gasteiger partial charge in [-0.05, 0) is 48.9 Å². The van der Waals surface area contributed by atoms with Gasteiger partial charge in [-0.2, -0.15) is 0 Å². The van der Waals surface area contributed by atoms with E-state index >= 15 is 0 Å². The maximum absolute atomic E-state index is 12.0. The molecule has 0 saturated heterocycles. The summed E-state index contributed by atoms with van der Waals surface area (Å²) in [7, 11) is 0. The number of nitrogens with zero attached hydrogens (tertiary/aromatic N) is 4. The first kappa shape index (κ1) is 17.5. The molecule has 0 radical (unpaired) electrons. The van der Waals surface area contributed by atoms with Crippen LogP contribution in [0.4, 0.5) is 0 Å². The summed E-state index contributed by atoms with van der Waals surface area (Å²) >= 11 is 0. The van der Waals surface area contributed by atoms with Gasteiger partial charge in [0.1, 0.15) is 12.1 Å². The quantitative estimate of drug-likeness (QED) is 0.706. The van der Waals surface area contributed by atoms with Crippen molar-refractivity contribution in [1.82, 2.24) is 19.9 Å². The predicted molar refractivity (Wildman–Crippen MR) is 94.0 cm³/mol. The van der Waals surface area contributed by atoms with Crippen molar-refractivity contribution in [2.75, 3.05) is 0 Å². The Hall–Kier alpha value is -3.35. The Balaban J connectivity index is 1.62. The molecule has 7 heteroatoms. The molecule has 0 aliphatic heterocycles. The lowest BCUT2D eigenvalue weighted by Gasteiger charge is -2.08. The zero-order valence-electron chi connectivity index (χ0n) is 14.5. The Bertz CT molecular complexity index is 889. The first-order chi connectivity index (χ1) is 12.5. The minimum Gasteiger partial charge on any atom is -0.507 e. The minimum absolute atomic E-state index is 0.0195. The van der Waals surface area contributed by atoms with Crippen molar-refractivity contribution in [2.45, 2.75) is 26.7 Å². The van der Waals surface area contributed by atoms with Crippen LogP contribution in [0.1, 0.15) is 32.9 Å². The fourth-order valence-corrected chi connectivity index (χ4v) is 2.56. The van der Waals surface area contributed by atoms with Gasteiger partial charge in [0.25, 0.3) is 0 Å². The van der Waals surface area contributed by atoms with Crippen LogP contribution in [0.25, 0.3) is 0 Å². The Morgan fingerprint density at radius 2 is 1.54 bits per heavy atom. The standard InChI is InChI=1S/C19H18N4O3/c1-12-5-14(6-13(2)17(12)24)3-4-15-7-22-18(23-8-15)19(25)26-16-9-20-11-21-10-16/h5-11,24H,3-4H2,1-2H3. The van der Waals surface area contributed by atoms with Crippen molar-refractivity contribution in [3.05, 3.63) is 71.3 Å². The van der Waals surface area contributed by atoms with E-state index in [1.807, 2.05) is 26.0 Å². The van der Waals surface area contributed by atoms with Gasteiger partial charge in [-0.25, -0.2) is 24.7 Å². The van der Waals surface area contributed by atoms with E-state index in [0.717, 1.165) is 35.1 Å². The molecule has 0 spiro atoms. The maximum atomic E-state index is 12.0. The second-order valence-corrected chi connectivity index (χ2v) is 5.96. The first-order valence-corrected chi connectivity index (χ1v) is 8.10. The van der Waals surface area contributed by atoms with Crippen molar-refractivity contribution in [2.24, 2.45) is 0 Å². The lowest BCUT2D eigenvalue weighted by molar-refractivity contribution is 0.0720. The van der Waals surface area contributed by atoms with Gasteiger partial charge in [0, 0.05) is 12.4 Å². The van der Waals surface area contributed by atoms with Crippen molar-refractivity contribution < 1.29 is 14.6 Å². The molecule has 0 unspecified atom stereocenters.